The van der Waals surface area contributed by atoms with Crippen molar-refractivity contribution in [3.63, 3.8) is 0 Å². The average molecular weight is 514 g/mol. The fourth-order valence-electron chi connectivity index (χ4n) is 5.76. The SMILES string of the molecule is CN(C)c1ccc(C2C3=C(CC(c4ccccc4)CC3=O)Nc3ccccc3N2C(=O)c2ccccc2)cc1. The Labute approximate surface area is 229 Å². The highest BCUT2D eigenvalue weighted by atomic mass is 16.2. The number of carbonyl (C=O) groups excluding carboxylic acids is 2. The number of ketones is 1. The van der Waals surface area contributed by atoms with E-state index in [4.69, 9.17) is 0 Å². The van der Waals surface area contributed by atoms with Crippen molar-refractivity contribution < 1.29 is 9.59 Å². The minimum atomic E-state index is -0.565. The maximum atomic E-state index is 14.3. The lowest BCUT2D eigenvalue weighted by Crippen LogP contribution is -2.38. The molecule has 0 spiro atoms. The van der Waals surface area contributed by atoms with Gasteiger partial charge in [0, 0.05) is 43.0 Å². The first-order valence-electron chi connectivity index (χ1n) is 13.3. The van der Waals surface area contributed by atoms with Crippen molar-refractivity contribution in [2.45, 2.75) is 24.8 Å². The number of hydrogen-bond acceptors (Lipinski definition) is 4. The minimum Gasteiger partial charge on any atom is -0.378 e. The molecule has 0 radical (unpaired) electrons. The van der Waals surface area contributed by atoms with Crippen LogP contribution in [0, 0.1) is 0 Å². The Morgan fingerprint density at radius 1 is 0.769 bits per heavy atom. The number of Topliss-reactive ketones (excluding diaryl/α,β-unsaturated/α-hetero) is 1. The maximum Gasteiger partial charge on any atom is 0.259 e. The van der Waals surface area contributed by atoms with E-state index in [2.05, 4.69) is 17.4 Å². The fraction of sp³-hybridized carbons (Fsp3) is 0.176. The lowest BCUT2D eigenvalue weighted by Gasteiger charge is -2.35. The Morgan fingerprint density at radius 2 is 1.41 bits per heavy atom. The molecule has 2 atom stereocenters. The molecule has 5 heteroatoms. The maximum absolute atomic E-state index is 14.3. The van der Waals surface area contributed by atoms with Crippen LogP contribution in [0.3, 0.4) is 0 Å². The van der Waals surface area contributed by atoms with Crippen molar-refractivity contribution in [1.29, 1.82) is 0 Å². The molecule has 2 aliphatic rings. The summed E-state index contributed by atoms with van der Waals surface area (Å²) in [6.07, 6.45) is 1.10. The molecule has 0 bridgehead atoms. The predicted octanol–water partition coefficient (Wildman–Crippen LogP) is 6.97. The third-order valence-electron chi connectivity index (χ3n) is 7.72. The van der Waals surface area contributed by atoms with Crippen molar-refractivity contribution >= 4 is 28.8 Å². The van der Waals surface area contributed by atoms with Crippen LogP contribution in [0.15, 0.2) is 120 Å². The first kappa shape index (κ1) is 24.7. The number of nitrogens with zero attached hydrogens (tertiary/aromatic N) is 2. The van der Waals surface area contributed by atoms with Crippen molar-refractivity contribution in [2.24, 2.45) is 0 Å². The minimum absolute atomic E-state index is 0.0676. The molecule has 0 fully saturated rings. The summed E-state index contributed by atoms with van der Waals surface area (Å²) < 4.78 is 0. The van der Waals surface area contributed by atoms with Gasteiger partial charge >= 0.3 is 0 Å². The van der Waals surface area contributed by atoms with Gasteiger partial charge in [-0.2, -0.15) is 0 Å². The number of hydrogen-bond donors (Lipinski definition) is 1. The van der Waals surface area contributed by atoms with Crippen LogP contribution in [0.2, 0.25) is 0 Å². The zero-order valence-electron chi connectivity index (χ0n) is 22.2. The summed E-state index contributed by atoms with van der Waals surface area (Å²) in [4.78, 5) is 32.3. The lowest BCUT2D eigenvalue weighted by atomic mass is 9.78. The molecule has 6 rings (SSSR count). The van der Waals surface area contributed by atoms with E-state index in [-0.39, 0.29) is 17.6 Å². The summed E-state index contributed by atoms with van der Waals surface area (Å²) in [6, 6.07) is 35.0. The van der Waals surface area contributed by atoms with Crippen LogP contribution in [0.5, 0.6) is 0 Å². The number of para-hydroxylation sites is 2. The van der Waals surface area contributed by atoms with E-state index in [1.54, 1.807) is 0 Å². The molecule has 1 aliphatic heterocycles. The van der Waals surface area contributed by atoms with Crippen molar-refractivity contribution in [2.75, 3.05) is 29.2 Å². The molecule has 5 nitrogen and oxygen atoms in total. The van der Waals surface area contributed by atoms with Gasteiger partial charge in [-0.15, -0.1) is 0 Å². The number of rotatable bonds is 4. The van der Waals surface area contributed by atoms with E-state index in [0.717, 1.165) is 33.9 Å². The summed E-state index contributed by atoms with van der Waals surface area (Å²) >= 11 is 0. The second kappa shape index (κ2) is 10.3. The van der Waals surface area contributed by atoms with Crippen LogP contribution in [-0.4, -0.2) is 25.8 Å². The van der Waals surface area contributed by atoms with Crippen LogP contribution in [-0.2, 0) is 4.79 Å². The molecule has 1 N–H and O–H groups in total. The summed E-state index contributed by atoms with van der Waals surface area (Å²) in [7, 11) is 4.00. The normalized spacial score (nSPS) is 18.5. The first-order valence-corrected chi connectivity index (χ1v) is 13.3. The number of anilines is 3. The fourth-order valence-corrected chi connectivity index (χ4v) is 5.76. The number of allylic oxidation sites excluding steroid dienone is 1. The largest absolute Gasteiger partial charge is 0.378 e. The van der Waals surface area contributed by atoms with E-state index < -0.39 is 6.04 Å². The zero-order chi connectivity index (χ0) is 26.9. The van der Waals surface area contributed by atoms with Crippen LogP contribution in [0.4, 0.5) is 17.1 Å². The molecular weight excluding hydrogens is 482 g/mol. The molecule has 39 heavy (non-hydrogen) atoms. The Hall–Kier alpha value is -4.64. The summed E-state index contributed by atoms with van der Waals surface area (Å²) in [5.41, 5.74) is 6.83. The van der Waals surface area contributed by atoms with Crippen LogP contribution in [0.1, 0.15) is 46.3 Å². The van der Waals surface area contributed by atoms with E-state index >= 15 is 0 Å². The van der Waals surface area contributed by atoms with Gasteiger partial charge in [0.15, 0.2) is 5.78 Å². The van der Waals surface area contributed by atoms with Gasteiger partial charge in [0.25, 0.3) is 5.91 Å². The summed E-state index contributed by atoms with van der Waals surface area (Å²) in [5.74, 6) is 0.00137. The Morgan fingerprint density at radius 3 is 2.10 bits per heavy atom. The number of carbonyl (C=O) groups is 2. The molecule has 194 valence electrons. The standard InChI is InChI=1S/C34H31N3O2/c1-36(2)27-19-17-24(18-20-27)33-32-29(21-26(22-31(32)38)23-11-5-3-6-12-23)35-28-15-9-10-16-30(28)37(33)34(39)25-13-7-4-8-14-25/h3-20,26,33,35H,21-22H2,1-2H3. The monoisotopic (exact) mass is 513 g/mol. The number of benzene rings is 4. The molecule has 0 aromatic heterocycles. The molecule has 4 aromatic carbocycles. The highest BCUT2D eigenvalue weighted by molar-refractivity contribution is 6.12. The summed E-state index contributed by atoms with van der Waals surface area (Å²) in [5, 5.41) is 3.61. The number of nitrogens with one attached hydrogen (secondary N) is 1. The van der Waals surface area contributed by atoms with E-state index in [1.165, 1.54) is 0 Å². The molecule has 1 aliphatic carbocycles. The predicted molar refractivity (Wildman–Crippen MR) is 157 cm³/mol. The van der Waals surface area contributed by atoms with Crippen LogP contribution < -0.4 is 15.1 Å². The second-order valence-electron chi connectivity index (χ2n) is 10.4. The van der Waals surface area contributed by atoms with Crippen molar-refractivity contribution in [3.8, 4) is 0 Å². The van der Waals surface area contributed by atoms with Crippen molar-refractivity contribution in [3.05, 3.63) is 137 Å². The molecule has 0 saturated heterocycles. The average Bonchev–Trinajstić information content (AvgIpc) is 3.12. The van der Waals surface area contributed by atoms with Gasteiger partial charge in [-0.1, -0.05) is 72.8 Å². The Balaban J connectivity index is 1.56. The number of fused-ring (bicyclic) bond motifs is 1. The van der Waals surface area contributed by atoms with E-state index in [9.17, 15) is 9.59 Å². The lowest BCUT2D eigenvalue weighted by molar-refractivity contribution is -0.116. The zero-order valence-corrected chi connectivity index (χ0v) is 22.2. The third-order valence-corrected chi connectivity index (χ3v) is 7.72. The second-order valence-corrected chi connectivity index (χ2v) is 10.4. The van der Waals surface area contributed by atoms with Crippen LogP contribution in [0.25, 0.3) is 0 Å². The van der Waals surface area contributed by atoms with E-state index in [0.29, 0.717) is 24.0 Å². The molecule has 2 unspecified atom stereocenters. The quantitative estimate of drug-likeness (QED) is 0.320. The van der Waals surface area contributed by atoms with Gasteiger partial charge < -0.3 is 10.2 Å². The summed E-state index contributed by atoms with van der Waals surface area (Å²) in [6.45, 7) is 0. The van der Waals surface area contributed by atoms with Gasteiger partial charge in [0.1, 0.15) is 0 Å². The smallest absolute Gasteiger partial charge is 0.259 e. The molecule has 4 aromatic rings. The van der Waals surface area contributed by atoms with Crippen LogP contribution >= 0.6 is 0 Å². The molecular formula is C34H31N3O2. The van der Waals surface area contributed by atoms with Gasteiger partial charge in [0.05, 0.1) is 17.4 Å². The Bertz CT molecular complexity index is 1540. The first-order chi connectivity index (χ1) is 19.0. The topological polar surface area (TPSA) is 52.7 Å². The third kappa shape index (κ3) is 4.61. The Kier molecular flexibility index (Phi) is 6.49. The van der Waals surface area contributed by atoms with Gasteiger partial charge in [-0.3, -0.25) is 14.5 Å². The van der Waals surface area contributed by atoms with Gasteiger partial charge in [-0.05, 0) is 59.9 Å². The highest BCUT2D eigenvalue weighted by Gasteiger charge is 2.41. The highest BCUT2D eigenvalue weighted by Crippen LogP contribution is 2.48. The van der Waals surface area contributed by atoms with Gasteiger partial charge in [-0.25, -0.2) is 0 Å². The molecule has 1 heterocycles. The molecule has 1 amide bonds. The number of amides is 1. The molecule has 0 saturated carbocycles. The van der Waals surface area contributed by atoms with Gasteiger partial charge in [0.2, 0.25) is 0 Å². The van der Waals surface area contributed by atoms with E-state index in [1.807, 2.05) is 121 Å². The van der Waals surface area contributed by atoms with Crippen molar-refractivity contribution in [1.82, 2.24) is 0 Å².